The molecular weight excluding hydrogens is 446 g/mol. The number of benzene rings is 2. The Balaban J connectivity index is 1.38. The van der Waals surface area contributed by atoms with Crippen LogP contribution in [0, 0.1) is 5.92 Å². The Morgan fingerprint density at radius 2 is 1.74 bits per heavy atom. The fourth-order valence-electron chi connectivity index (χ4n) is 5.04. The summed E-state index contributed by atoms with van der Waals surface area (Å²) in [5.74, 6) is 0.845. The van der Waals surface area contributed by atoms with Crippen LogP contribution in [0.15, 0.2) is 42.5 Å². The lowest BCUT2D eigenvalue weighted by Gasteiger charge is -2.36. The van der Waals surface area contributed by atoms with Crippen molar-refractivity contribution < 1.29 is 23.8 Å². The summed E-state index contributed by atoms with van der Waals surface area (Å²) in [6, 6.07) is 14.2. The number of amides is 2. The Bertz CT molecular complexity index is 1000. The average molecular weight is 482 g/mol. The van der Waals surface area contributed by atoms with Crippen LogP contribution < -0.4 is 24.4 Å². The molecule has 35 heavy (non-hydrogen) atoms. The number of rotatable bonds is 9. The van der Waals surface area contributed by atoms with Gasteiger partial charge in [-0.3, -0.25) is 14.5 Å². The molecule has 2 fully saturated rings. The molecule has 2 unspecified atom stereocenters. The second kappa shape index (κ2) is 11.4. The molecule has 8 heteroatoms. The third kappa shape index (κ3) is 5.70. The standard InChI is InChI=1S/C27H35N3O5/c1-33-23-14-22(15-24(34-2)26(23)35-3)30-18-20(13-25(30)31)27(32)28-16-21-11-7-8-12-29(21)17-19-9-5-4-6-10-19/h4-6,9-10,14-15,20-21H,7-8,11-13,16-18H2,1-3H3,(H,28,32). The van der Waals surface area contributed by atoms with E-state index >= 15 is 0 Å². The number of carbonyl (C=O) groups is 2. The predicted molar refractivity (Wildman–Crippen MR) is 134 cm³/mol. The van der Waals surface area contributed by atoms with Crippen LogP contribution in [-0.2, 0) is 16.1 Å². The first kappa shape index (κ1) is 24.9. The van der Waals surface area contributed by atoms with Crippen molar-refractivity contribution in [3.05, 3.63) is 48.0 Å². The summed E-state index contributed by atoms with van der Waals surface area (Å²) in [5.41, 5.74) is 1.91. The molecule has 0 saturated carbocycles. The molecule has 188 valence electrons. The van der Waals surface area contributed by atoms with Crippen LogP contribution in [0.5, 0.6) is 17.2 Å². The molecule has 0 spiro atoms. The first-order chi connectivity index (χ1) is 17.0. The number of methoxy groups -OCH3 is 3. The highest BCUT2D eigenvalue weighted by Crippen LogP contribution is 2.42. The van der Waals surface area contributed by atoms with Crippen molar-refractivity contribution >= 4 is 17.5 Å². The number of nitrogens with zero attached hydrogens (tertiary/aromatic N) is 2. The fraction of sp³-hybridized carbons (Fsp3) is 0.481. The van der Waals surface area contributed by atoms with Crippen LogP contribution in [0.25, 0.3) is 0 Å². The van der Waals surface area contributed by atoms with Gasteiger partial charge in [-0.25, -0.2) is 0 Å². The lowest BCUT2D eigenvalue weighted by atomic mass is 10.0. The molecule has 2 aliphatic rings. The molecule has 8 nitrogen and oxygen atoms in total. The molecule has 0 radical (unpaired) electrons. The van der Waals surface area contributed by atoms with Gasteiger partial charge < -0.3 is 24.4 Å². The van der Waals surface area contributed by atoms with E-state index in [4.69, 9.17) is 14.2 Å². The summed E-state index contributed by atoms with van der Waals surface area (Å²) in [6.07, 6.45) is 3.59. The number of hydrogen-bond donors (Lipinski definition) is 1. The van der Waals surface area contributed by atoms with Gasteiger partial charge in [0, 0.05) is 44.2 Å². The second-order valence-corrected chi connectivity index (χ2v) is 9.14. The smallest absolute Gasteiger partial charge is 0.227 e. The average Bonchev–Trinajstić information content (AvgIpc) is 3.29. The Morgan fingerprint density at radius 1 is 1.03 bits per heavy atom. The van der Waals surface area contributed by atoms with Crippen LogP contribution in [0.2, 0.25) is 0 Å². The molecule has 0 aromatic heterocycles. The summed E-state index contributed by atoms with van der Waals surface area (Å²) in [4.78, 5) is 30.0. The molecule has 2 atom stereocenters. The maximum Gasteiger partial charge on any atom is 0.227 e. The zero-order chi connectivity index (χ0) is 24.8. The third-order valence-electron chi connectivity index (χ3n) is 6.95. The Kier molecular flexibility index (Phi) is 8.13. The van der Waals surface area contributed by atoms with Crippen molar-refractivity contribution in [2.75, 3.05) is 45.9 Å². The van der Waals surface area contributed by atoms with E-state index in [1.165, 1.54) is 39.7 Å². The zero-order valence-electron chi connectivity index (χ0n) is 20.8. The van der Waals surface area contributed by atoms with E-state index in [0.717, 1.165) is 19.5 Å². The van der Waals surface area contributed by atoms with Gasteiger partial charge in [-0.05, 0) is 24.9 Å². The van der Waals surface area contributed by atoms with Crippen molar-refractivity contribution in [1.29, 1.82) is 0 Å². The summed E-state index contributed by atoms with van der Waals surface area (Å²) in [6.45, 7) is 2.84. The van der Waals surface area contributed by atoms with Gasteiger partial charge >= 0.3 is 0 Å². The van der Waals surface area contributed by atoms with Crippen LogP contribution in [0.1, 0.15) is 31.2 Å². The van der Waals surface area contributed by atoms with Gasteiger partial charge in [-0.15, -0.1) is 0 Å². The Hall–Kier alpha value is -3.26. The van der Waals surface area contributed by atoms with E-state index < -0.39 is 5.92 Å². The first-order valence-corrected chi connectivity index (χ1v) is 12.2. The van der Waals surface area contributed by atoms with Gasteiger partial charge in [0.15, 0.2) is 11.5 Å². The van der Waals surface area contributed by atoms with Crippen molar-refractivity contribution in [1.82, 2.24) is 10.2 Å². The highest BCUT2D eigenvalue weighted by molar-refractivity contribution is 6.00. The second-order valence-electron chi connectivity index (χ2n) is 9.14. The summed E-state index contributed by atoms with van der Waals surface area (Å²) in [5, 5.41) is 3.14. The molecule has 2 heterocycles. The van der Waals surface area contributed by atoms with E-state index in [-0.39, 0.29) is 18.2 Å². The van der Waals surface area contributed by atoms with Gasteiger partial charge in [0.2, 0.25) is 17.6 Å². The van der Waals surface area contributed by atoms with Gasteiger partial charge in [0.1, 0.15) is 0 Å². The van der Waals surface area contributed by atoms with Crippen LogP contribution >= 0.6 is 0 Å². The van der Waals surface area contributed by atoms with Crippen molar-refractivity contribution in [2.24, 2.45) is 5.92 Å². The molecule has 2 saturated heterocycles. The Labute approximate surface area is 207 Å². The monoisotopic (exact) mass is 481 g/mol. The number of carbonyl (C=O) groups excluding carboxylic acids is 2. The van der Waals surface area contributed by atoms with Gasteiger partial charge in [0.25, 0.3) is 0 Å². The van der Waals surface area contributed by atoms with Gasteiger partial charge in [-0.1, -0.05) is 36.8 Å². The molecule has 1 N–H and O–H groups in total. The summed E-state index contributed by atoms with van der Waals surface area (Å²) < 4.78 is 16.2. The SMILES string of the molecule is COc1cc(N2CC(C(=O)NCC3CCCCN3Cc3ccccc3)CC2=O)cc(OC)c1OC. The summed E-state index contributed by atoms with van der Waals surface area (Å²) in [7, 11) is 4.61. The summed E-state index contributed by atoms with van der Waals surface area (Å²) >= 11 is 0. The maximum atomic E-state index is 13.0. The number of nitrogens with one attached hydrogen (secondary N) is 1. The van der Waals surface area contributed by atoms with Crippen molar-refractivity contribution in [3.8, 4) is 17.2 Å². The zero-order valence-corrected chi connectivity index (χ0v) is 20.8. The minimum Gasteiger partial charge on any atom is -0.493 e. The van der Waals surface area contributed by atoms with E-state index in [1.54, 1.807) is 17.0 Å². The quantitative estimate of drug-likeness (QED) is 0.592. The highest BCUT2D eigenvalue weighted by Gasteiger charge is 2.36. The lowest BCUT2D eigenvalue weighted by Crippen LogP contribution is -2.47. The number of likely N-dealkylation sites (tertiary alicyclic amines) is 1. The molecular formula is C27H35N3O5. The van der Waals surface area contributed by atoms with E-state index in [1.807, 2.05) is 6.07 Å². The molecule has 4 rings (SSSR count). The van der Waals surface area contributed by atoms with Crippen molar-refractivity contribution in [3.63, 3.8) is 0 Å². The van der Waals surface area contributed by atoms with Gasteiger partial charge in [0.05, 0.1) is 32.9 Å². The molecule has 2 aromatic carbocycles. The number of hydrogen-bond acceptors (Lipinski definition) is 6. The largest absolute Gasteiger partial charge is 0.493 e. The molecule has 2 aliphatic heterocycles. The highest BCUT2D eigenvalue weighted by atomic mass is 16.5. The topological polar surface area (TPSA) is 80.3 Å². The van der Waals surface area contributed by atoms with E-state index in [2.05, 4.69) is 34.5 Å². The normalized spacial score (nSPS) is 20.5. The number of ether oxygens (including phenoxy) is 3. The molecule has 0 bridgehead atoms. The van der Waals surface area contributed by atoms with Crippen LogP contribution in [-0.4, -0.2) is 63.7 Å². The molecule has 2 aromatic rings. The van der Waals surface area contributed by atoms with Crippen LogP contribution in [0.4, 0.5) is 5.69 Å². The fourth-order valence-corrected chi connectivity index (χ4v) is 5.04. The predicted octanol–water partition coefficient (Wildman–Crippen LogP) is 3.24. The first-order valence-electron chi connectivity index (χ1n) is 12.2. The molecule has 2 amide bonds. The minimum atomic E-state index is -0.396. The number of piperidine rings is 1. The van der Waals surface area contributed by atoms with E-state index in [0.29, 0.717) is 42.1 Å². The van der Waals surface area contributed by atoms with Crippen LogP contribution in [0.3, 0.4) is 0 Å². The maximum absolute atomic E-state index is 13.0. The minimum absolute atomic E-state index is 0.0708. The van der Waals surface area contributed by atoms with Gasteiger partial charge in [-0.2, -0.15) is 0 Å². The van der Waals surface area contributed by atoms with Crippen molar-refractivity contribution in [2.45, 2.75) is 38.3 Å². The Morgan fingerprint density at radius 3 is 2.40 bits per heavy atom. The van der Waals surface area contributed by atoms with E-state index in [9.17, 15) is 9.59 Å². The molecule has 0 aliphatic carbocycles. The third-order valence-corrected chi connectivity index (χ3v) is 6.95. The lowest BCUT2D eigenvalue weighted by molar-refractivity contribution is -0.126. The number of anilines is 1.